The van der Waals surface area contributed by atoms with Crippen LogP contribution >= 0.6 is 0 Å². The molecule has 38 heavy (non-hydrogen) atoms. The van der Waals surface area contributed by atoms with Gasteiger partial charge in [0.2, 0.25) is 11.8 Å². The first-order valence-electron chi connectivity index (χ1n) is 14.1. The number of amides is 3. The number of hydrogen-bond acceptors (Lipinski definition) is 6. The van der Waals surface area contributed by atoms with Gasteiger partial charge in [0.05, 0.1) is 6.04 Å². The van der Waals surface area contributed by atoms with Crippen molar-refractivity contribution < 1.29 is 33.8 Å². The third-order valence-corrected chi connectivity index (χ3v) is 8.93. The van der Waals surface area contributed by atoms with Crippen LogP contribution in [-0.4, -0.2) is 69.9 Å². The summed E-state index contributed by atoms with van der Waals surface area (Å²) < 4.78 is 5.46. The number of carbonyl (C=O) groups is 5. The minimum absolute atomic E-state index is 0.0615. The second-order valence-electron chi connectivity index (χ2n) is 13.3. The van der Waals surface area contributed by atoms with Gasteiger partial charge in [0, 0.05) is 6.54 Å². The van der Waals surface area contributed by atoms with Crippen molar-refractivity contribution in [3.8, 4) is 0 Å². The monoisotopic (exact) mass is 533 g/mol. The molecule has 4 fully saturated rings. The Balaban J connectivity index is 1.55. The Hall–Kier alpha value is -2.65. The molecule has 3 saturated carbocycles. The molecule has 0 aromatic heterocycles. The molecule has 0 radical (unpaired) electrons. The van der Waals surface area contributed by atoms with Gasteiger partial charge in [-0.1, -0.05) is 46.0 Å². The van der Waals surface area contributed by atoms with Crippen LogP contribution in [0.1, 0.15) is 86.0 Å². The Morgan fingerprint density at radius 2 is 1.63 bits per heavy atom. The molecule has 1 aliphatic heterocycles. The predicted octanol–water partition coefficient (Wildman–Crippen LogP) is 2.88. The van der Waals surface area contributed by atoms with E-state index in [0.717, 1.165) is 44.9 Å². The van der Waals surface area contributed by atoms with Gasteiger partial charge in [-0.25, -0.2) is 9.59 Å². The van der Waals surface area contributed by atoms with Gasteiger partial charge in [-0.2, -0.15) is 0 Å². The molecule has 4 rings (SSSR count). The summed E-state index contributed by atoms with van der Waals surface area (Å²) in [5.74, 6) is -3.21. The maximum Gasteiger partial charge on any atom is 0.408 e. The molecule has 0 spiro atoms. The molecule has 5 atom stereocenters. The van der Waals surface area contributed by atoms with E-state index in [1.165, 1.54) is 0 Å². The van der Waals surface area contributed by atoms with Gasteiger partial charge in [-0.3, -0.25) is 14.4 Å². The lowest BCUT2D eigenvalue weighted by molar-refractivity contribution is -0.151. The number of ketones is 1. The van der Waals surface area contributed by atoms with Crippen molar-refractivity contribution >= 4 is 29.7 Å². The van der Waals surface area contributed by atoms with E-state index >= 15 is 0 Å². The number of fused-ring (bicyclic) bond motifs is 1. The third kappa shape index (κ3) is 6.15. The Labute approximate surface area is 224 Å². The molecule has 212 valence electrons. The Kier molecular flexibility index (Phi) is 7.83. The number of likely N-dealkylation sites (tertiary alicyclic amines) is 1. The number of carboxylic acids is 1. The van der Waals surface area contributed by atoms with Crippen molar-refractivity contribution in [2.75, 3.05) is 6.54 Å². The second-order valence-corrected chi connectivity index (χ2v) is 13.3. The van der Waals surface area contributed by atoms with Gasteiger partial charge in [0.25, 0.3) is 5.78 Å². The predicted molar refractivity (Wildman–Crippen MR) is 138 cm³/mol. The fourth-order valence-electron chi connectivity index (χ4n) is 6.60. The van der Waals surface area contributed by atoms with Crippen molar-refractivity contribution in [1.82, 2.24) is 15.5 Å². The van der Waals surface area contributed by atoms with Crippen LogP contribution in [-0.2, 0) is 23.9 Å². The van der Waals surface area contributed by atoms with Crippen molar-refractivity contribution in [2.45, 2.75) is 110 Å². The lowest BCUT2D eigenvalue weighted by Crippen LogP contribution is -2.59. The quantitative estimate of drug-likeness (QED) is 0.387. The molecule has 10 nitrogen and oxygen atoms in total. The van der Waals surface area contributed by atoms with Crippen LogP contribution in [0, 0.1) is 29.1 Å². The highest BCUT2D eigenvalue weighted by atomic mass is 16.6. The number of rotatable bonds is 9. The van der Waals surface area contributed by atoms with Gasteiger partial charge in [0.1, 0.15) is 17.7 Å². The number of ether oxygens (including phenoxy) is 1. The number of nitrogens with one attached hydrogen (secondary N) is 2. The minimum Gasteiger partial charge on any atom is -0.475 e. The molecule has 3 N–H and O–H groups in total. The lowest BCUT2D eigenvalue weighted by atomic mass is 9.83. The van der Waals surface area contributed by atoms with Crippen molar-refractivity contribution in [2.24, 2.45) is 29.1 Å². The number of alkyl carbamates (subject to hydrolysis) is 1. The summed E-state index contributed by atoms with van der Waals surface area (Å²) in [6, 6.07) is -2.75. The zero-order chi connectivity index (χ0) is 28.0. The second kappa shape index (κ2) is 10.5. The number of hydrogen-bond donors (Lipinski definition) is 3. The van der Waals surface area contributed by atoms with E-state index in [1.54, 1.807) is 25.7 Å². The minimum atomic E-state index is -1.57. The van der Waals surface area contributed by atoms with E-state index in [2.05, 4.69) is 24.5 Å². The molecule has 3 aliphatic carbocycles. The van der Waals surface area contributed by atoms with E-state index in [4.69, 9.17) is 4.74 Å². The first-order valence-corrected chi connectivity index (χ1v) is 14.1. The number of carbonyl (C=O) groups excluding carboxylic acids is 4. The van der Waals surface area contributed by atoms with Gasteiger partial charge in [0.15, 0.2) is 0 Å². The van der Waals surface area contributed by atoms with E-state index in [1.807, 2.05) is 0 Å². The van der Waals surface area contributed by atoms with Gasteiger partial charge in [-0.05, 0) is 69.1 Å². The number of nitrogens with zero attached hydrogens (tertiary/aromatic N) is 1. The Morgan fingerprint density at radius 1 is 1.00 bits per heavy atom. The maximum absolute atomic E-state index is 14.1. The highest BCUT2D eigenvalue weighted by Crippen LogP contribution is 2.65. The topological polar surface area (TPSA) is 142 Å². The molecule has 3 amide bonds. The number of piperidine rings is 1. The molecule has 0 bridgehead atoms. The van der Waals surface area contributed by atoms with E-state index in [-0.39, 0.29) is 35.0 Å². The molecule has 1 heterocycles. The van der Waals surface area contributed by atoms with Crippen LogP contribution in [0.5, 0.6) is 0 Å². The van der Waals surface area contributed by atoms with E-state index in [9.17, 15) is 29.1 Å². The summed E-state index contributed by atoms with van der Waals surface area (Å²) in [6.45, 7) is 9.79. The van der Waals surface area contributed by atoms with Crippen LogP contribution in [0.25, 0.3) is 0 Å². The first kappa shape index (κ1) is 28.4. The van der Waals surface area contributed by atoms with E-state index < -0.39 is 47.5 Å². The molecule has 1 saturated heterocycles. The van der Waals surface area contributed by atoms with Crippen molar-refractivity contribution in [3.05, 3.63) is 0 Å². The van der Waals surface area contributed by atoms with Gasteiger partial charge < -0.3 is 25.4 Å². The summed E-state index contributed by atoms with van der Waals surface area (Å²) in [7, 11) is 0. The SMILES string of the molecule is CC(C)(C)OC(=O)N[C@H](C(=O)N1CC2C([C@H]1C(=O)NC(CC1CC1)C(=O)C(=O)O)C2(C)C)C1CCCCC1. The molecule has 4 aliphatic rings. The van der Waals surface area contributed by atoms with Gasteiger partial charge in [-0.15, -0.1) is 0 Å². The normalized spacial score (nSPS) is 28.0. The zero-order valence-electron chi connectivity index (χ0n) is 23.2. The van der Waals surface area contributed by atoms with Crippen molar-refractivity contribution in [1.29, 1.82) is 0 Å². The van der Waals surface area contributed by atoms with E-state index in [0.29, 0.717) is 13.0 Å². The molecule has 0 aromatic carbocycles. The molecule has 3 unspecified atom stereocenters. The molecular weight excluding hydrogens is 490 g/mol. The summed E-state index contributed by atoms with van der Waals surface area (Å²) in [6.07, 6.45) is 6.05. The highest BCUT2D eigenvalue weighted by molar-refractivity contribution is 6.35. The average molecular weight is 534 g/mol. The van der Waals surface area contributed by atoms with Crippen LogP contribution in [0.2, 0.25) is 0 Å². The fraction of sp³-hybridized carbons (Fsp3) is 0.821. The summed E-state index contributed by atoms with van der Waals surface area (Å²) >= 11 is 0. The largest absolute Gasteiger partial charge is 0.475 e. The van der Waals surface area contributed by atoms with Crippen LogP contribution in [0.4, 0.5) is 4.79 Å². The molecule has 0 aromatic rings. The summed E-state index contributed by atoms with van der Waals surface area (Å²) in [5.41, 5.74) is -0.875. The van der Waals surface area contributed by atoms with Crippen LogP contribution < -0.4 is 10.6 Å². The number of Topliss-reactive ketones (excluding diaryl/α,β-unsaturated/α-hetero) is 1. The third-order valence-electron chi connectivity index (χ3n) is 8.93. The number of aliphatic carboxylic acids is 1. The summed E-state index contributed by atoms with van der Waals surface area (Å²) in [4.78, 5) is 65.9. The van der Waals surface area contributed by atoms with Crippen molar-refractivity contribution in [3.63, 3.8) is 0 Å². The maximum atomic E-state index is 14.1. The molecule has 10 heteroatoms. The fourth-order valence-corrected chi connectivity index (χ4v) is 6.60. The lowest BCUT2D eigenvalue weighted by Gasteiger charge is -2.37. The standard InChI is InChI=1S/C28H43N3O7/c1-27(2,3)38-26(37)30-20(16-9-7-6-8-10-16)24(34)31-14-17-19(28(17,4)5)21(31)23(33)29-18(13-15-11-12-15)22(32)25(35)36/h15-21H,6-14H2,1-5H3,(H,29,33)(H,30,37)(H,35,36)/t17?,18?,19?,20-,21-/m0/s1. The summed E-state index contributed by atoms with van der Waals surface area (Å²) in [5, 5.41) is 14.8. The highest BCUT2D eigenvalue weighted by Gasteiger charge is 2.69. The zero-order valence-corrected chi connectivity index (χ0v) is 23.2. The molecular formula is C28H43N3O7. The Morgan fingerprint density at radius 3 is 2.18 bits per heavy atom. The Bertz CT molecular complexity index is 977. The van der Waals surface area contributed by atoms with Crippen LogP contribution in [0.3, 0.4) is 0 Å². The first-order chi connectivity index (χ1) is 17.7. The average Bonchev–Trinajstić information content (AvgIpc) is 3.68. The van der Waals surface area contributed by atoms with Gasteiger partial charge >= 0.3 is 12.1 Å². The smallest absolute Gasteiger partial charge is 0.408 e. The number of carboxylic acid groups (broad SMARTS) is 1. The van der Waals surface area contributed by atoms with Crippen LogP contribution in [0.15, 0.2) is 0 Å².